The molecule has 1 aliphatic rings. The highest BCUT2D eigenvalue weighted by Crippen LogP contribution is 2.50. The smallest absolute Gasteiger partial charge is 0.0282 e. The highest BCUT2D eigenvalue weighted by atomic mass is 35.5. The standard InChI is InChI=1S/C11H21Cl/c1-4-9(2)10(3)11(8-12)6-5-7-11/h9-10H,4-8H2,1-3H3. The van der Waals surface area contributed by atoms with Crippen molar-refractivity contribution in [2.24, 2.45) is 17.3 Å². The fourth-order valence-electron chi connectivity index (χ4n) is 2.30. The summed E-state index contributed by atoms with van der Waals surface area (Å²) in [7, 11) is 0. The normalized spacial score (nSPS) is 26.0. The van der Waals surface area contributed by atoms with Crippen LogP contribution in [0.2, 0.25) is 0 Å². The van der Waals surface area contributed by atoms with E-state index in [-0.39, 0.29) is 0 Å². The van der Waals surface area contributed by atoms with E-state index in [4.69, 9.17) is 11.6 Å². The van der Waals surface area contributed by atoms with E-state index in [1.54, 1.807) is 0 Å². The second kappa shape index (κ2) is 4.00. The zero-order valence-corrected chi connectivity index (χ0v) is 9.32. The molecule has 0 aromatic rings. The van der Waals surface area contributed by atoms with Crippen LogP contribution in [0.25, 0.3) is 0 Å². The molecule has 1 saturated carbocycles. The topological polar surface area (TPSA) is 0 Å². The first kappa shape index (κ1) is 10.4. The molecular weight excluding hydrogens is 168 g/mol. The van der Waals surface area contributed by atoms with Gasteiger partial charge in [-0.05, 0) is 30.1 Å². The Balaban J connectivity index is 2.53. The minimum absolute atomic E-state index is 0.511. The maximum absolute atomic E-state index is 6.06. The lowest BCUT2D eigenvalue weighted by Crippen LogP contribution is -2.40. The highest BCUT2D eigenvalue weighted by molar-refractivity contribution is 6.18. The molecule has 1 heteroatoms. The summed E-state index contributed by atoms with van der Waals surface area (Å²) >= 11 is 6.06. The first-order chi connectivity index (χ1) is 5.66. The summed E-state index contributed by atoms with van der Waals surface area (Å²) in [6, 6.07) is 0. The van der Waals surface area contributed by atoms with Crippen molar-refractivity contribution in [3.63, 3.8) is 0 Å². The van der Waals surface area contributed by atoms with Crippen molar-refractivity contribution >= 4 is 11.6 Å². The lowest BCUT2D eigenvalue weighted by molar-refractivity contribution is 0.0511. The minimum Gasteiger partial charge on any atom is -0.126 e. The summed E-state index contributed by atoms with van der Waals surface area (Å²) < 4.78 is 0. The maximum atomic E-state index is 6.06. The second-order valence-electron chi connectivity index (χ2n) is 4.52. The van der Waals surface area contributed by atoms with Crippen LogP contribution in [0.3, 0.4) is 0 Å². The minimum atomic E-state index is 0.511. The molecule has 0 aromatic carbocycles. The summed E-state index contributed by atoms with van der Waals surface area (Å²) in [5.41, 5.74) is 0.511. The molecule has 0 heterocycles. The highest BCUT2D eigenvalue weighted by Gasteiger charge is 2.42. The van der Waals surface area contributed by atoms with E-state index < -0.39 is 0 Å². The Morgan fingerprint density at radius 3 is 2.17 bits per heavy atom. The monoisotopic (exact) mass is 188 g/mol. The molecule has 0 aromatic heterocycles. The fraction of sp³-hybridized carbons (Fsp3) is 1.00. The summed E-state index contributed by atoms with van der Waals surface area (Å²) in [5.74, 6) is 2.52. The molecule has 1 fully saturated rings. The van der Waals surface area contributed by atoms with E-state index in [0.717, 1.165) is 17.7 Å². The van der Waals surface area contributed by atoms with Crippen LogP contribution < -0.4 is 0 Å². The molecule has 12 heavy (non-hydrogen) atoms. The maximum Gasteiger partial charge on any atom is 0.0282 e. The van der Waals surface area contributed by atoms with E-state index in [1.807, 2.05) is 0 Å². The molecule has 0 bridgehead atoms. The molecule has 0 spiro atoms. The van der Waals surface area contributed by atoms with Gasteiger partial charge < -0.3 is 0 Å². The van der Waals surface area contributed by atoms with Crippen LogP contribution in [0.5, 0.6) is 0 Å². The SMILES string of the molecule is CCC(C)C(C)C1(CCl)CCC1. The van der Waals surface area contributed by atoms with Crippen LogP contribution in [0.4, 0.5) is 0 Å². The van der Waals surface area contributed by atoms with Crippen molar-refractivity contribution in [1.82, 2.24) is 0 Å². The Bertz CT molecular complexity index is 132. The van der Waals surface area contributed by atoms with Crippen molar-refractivity contribution in [3.8, 4) is 0 Å². The lowest BCUT2D eigenvalue weighted by Gasteiger charge is -2.47. The van der Waals surface area contributed by atoms with Crippen LogP contribution >= 0.6 is 11.6 Å². The van der Waals surface area contributed by atoms with Gasteiger partial charge in [-0.3, -0.25) is 0 Å². The molecule has 1 aliphatic carbocycles. The van der Waals surface area contributed by atoms with Gasteiger partial charge in [-0.15, -0.1) is 11.6 Å². The van der Waals surface area contributed by atoms with Crippen molar-refractivity contribution in [1.29, 1.82) is 0 Å². The van der Waals surface area contributed by atoms with Crippen LogP contribution in [0, 0.1) is 17.3 Å². The third-order valence-electron chi connectivity index (χ3n) is 4.08. The largest absolute Gasteiger partial charge is 0.126 e. The molecule has 0 saturated heterocycles. The van der Waals surface area contributed by atoms with Gasteiger partial charge in [0.1, 0.15) is 0 Å². The van der Waals surface area contributed by atoms with Gasteiger partial charge in [0.15, 0.2) is 0 Å². The Morgan fingerprint density at radius 1 is 1.33 bits per heavy atom. The van der Waals surface area contributed by atoms with Gasteiger partial charge in [-0.1, -0.05) is 33.6 Å². The predicted octanol–water partition coefficient (Wildman–Crippen LogP) is 4.08. The summed E-state index contributed by atoms with van der Waals surface area (Å²) in [4.78, 5) is 0. The van der Waals surface area contributed by atoms with Gasteiger partial charge in [0.05, 0.1) is 0 Å². The second-order valence-corrected chi connectivity index (χ2v) is 4.79. The molecule has 2 unspecified atom stereocenters. The molecular formula is C11H21Cl. The van der Waals surface area contributed by atoms with Crippen molar-refractivity contribution in [3.05, 3.63) is 0 Å². The van der Waals surface area contributed by atoms with Crippen LogP contribution in [0.15, 0.2) is 0 Å². The van der Waals surface area contributed by atoms with Crippen molar-refractivity contribution in [2.45, 2.75) is 46.5 Å². The van der Waals surface area contributed by atoms with E-state index in [1.165, 1.54) is 25.7 Å². The molecule has 72 valence electrons. The van der Waals surface area contributed by atoms with E-state index >= 15 is 0 Å². The zero-order valence-electron chi connectivity index (χ0n) is 8.57. The Labute approximate surface area is 81.7 Å². The van der Waals surface area contributed by atoms with Crippen LogP contribution in [-0.4, -0.2) is 5.88 Å². The third-order valence-corrected chi connectivity index (χ3v) is 4.61. The average molecular weight is 189 g/mol. The number of hydrogen-bond donors (Lipinski definition) is 0. The molecule has 2 atom stereocenters. The quantitative estimate of drug-likeness (QED) is 0.584. The van der Waals surface area contributed by atoms with E-state index in [0.29, 0.717) is 5.41 Å². The molecule has 0 aliphatic heterocycles. The molecule has 0 nitrogen and oxygen atoms in total. The summed E-state index contributed by atoms with van der Waals surface area (Å²) in [5, 5.41) is 0. The average Bonchev–Trinajstić information content (AvgIpc) is 2.02. The van der Waals surface area contributed by atoms with Crippen molar-refractivity contribution < 1.29 is 0 Å². The molecule has 0 N–H and O–H groups in total. The number of hydrogen-bond acceptors (Lipinski definition) is 0. The summed E-state index contributed by atoms with van der Waals surface area (Å²) in [6.45, 7) is 7.02. The van der Waals surface area contributed by atoms with Gasteiger partial charge in [-0.2, -0.15) is 0 Å². The fourth-order valence-corrected chi connectivity index (χ4v) is 2.81. The zero-order chi connectivity index (χ0) is 9.19. The van der Waals surface area contributed by atoms with Crippen LogP contribution in [-0.2, 0) is 0 Å². The number of rotatable bonds is 4. The van der Waals surface area contributed by atoms with Crippen LogP contribution in [0.1, 0.15) is 46.5 Å². The first-order valence-corrected chi connectivity index (χ1v) is 5.75. The van der Waals surface area contributed by atoms with E-state index in [9.17, 15) is 0 Å². The lowest BCUT2D eigenvalue weighted by atomic mass is 9.59. The van der Waals surface area contributed by atoms with Crippen molar-refractivity contribution in [2.75, 3.05) is 5.88 Å². The van der Waals surface area contributed by atoms with Gasteiger partial charge in [0.25, 0.3) is 0 Å². The van der Waals surface area contributed by atoms with Gasteiger partial charge >= 0.3 is 0 Å². The van der Waals surface area contributed by atoms with Gasteiger partial charge in [0, 0.05) is 5.88 Å². The third kappa shape index (κ3) is 1.64. The molecule has 0 radical (unpaired) electrons. The molecule has 0 amide bonds. The summed E-state index contributed by atoms with van der Waals surface area (Å²) in [6.07, 6.45) is 5.41. The Hall–Kier alpha value is 0.290. The van der Waals surface area contributed by atoms with Gasteiger partial charge in [-0.25, -0.2) is 0 Å². The number of halogens is 1. The Kier molecular flexibility index (Phi) is 3.46. The van der Waals surface area contributed by atoms with Gasteiger partial charge in [0.2, 0.25) is 0 Å². The molecule has 1 rings (SSSR count). The number of alkyl halides is 1. The predicted molar refractivity (Wildman–Crippen MR) is 55.6 cm³/mol. The first-order valence-electron chi connectivity index (χ1n) is 5.22. The van der Waals surface area contributed by atoms with E-state index in [2.05, 4.69) is 20.8 Å². The Morgan fingerprint density at radius 2 is 1.92 bits per heavy atom.